The van der Waals surface area contributed by atoms with Crippen LogP contribution >= 0.6 is 0 Å². The average molecular weight is 268 g/mol. The molecule has 1 fully saturated rings. The number of nitrogens with zero attached hydrogens (tertiary/aromatic N) is 1. The first-order valence-electron chi connectivity index (χ1n) is 6.29. The maximum atomic E-state index is 13.4. The number of rotatable bonds is 4. The summed E-state index contributed by atoms with van der Waals surface area (Å²) in [5, 5.41) is 14.0. The van der Waals surface area contributed by atoms with Crippen molar-refractivity contribution in [2.45, 2.75) is 26.4 Å². The minimum absolute atomic E-state index is 0.146. The van der Waals surface area contributed by atoms with Crippen molar-refractivity contribution < 1.29 is 14.1 Å². The van der Waals surface area contributed by atoms with Gasteiger partial charge in [-0.15, -0.1) is 0 Å². The molecule has 0 radical (unpaired) electrons. The molecular formula is C13H17FN2O3. The molecule has 1 aliphatic heterocycles. The van der Waals surface area contributed by atoms with Gasteiger partial charge in [-0.3, -0.25) is 10.1 Å². The Kier molecular flexibility index (Phi) is 3.99. The van der Waals surface area contributed by atoms with Crippen molar-refractivity contribution in [1.82, 2.24) is 0 Å². The normalized spacial score (nSPS) is 22.5. The molecule has 1 aromatic carbocycles. The maximum Gasteiger partial charge on any atom is 0.295 e. The number of halogens is 1. The number of ether oxygens (including phenoxy) is 1. The SMILES string of the molecule is Cc1cc(NCC2CCOC2C)c([N+](=O)[O-])cc1F. The highest BCUT2D eigenvalue weighted by atomic mass is 19.1. The van der Waals surface area contributed by atoms with E-state index in [0.717, 1.165) is 19.1 Å². The summed E-state index contributed by atoms with van der Waals surface area (Å²) in [6, 6.07) is 2.44. The van der Waals surface area contributed by atoms with Crippen molar-refractivity contribution >= 4 is 11.4 Å². The van der Waals surface area contributed by atoms with Crippen LogP contribution in [0.25, 0.3) is 0 Å². The minimum Gasteiger partial charge on any atom is -0.379 e. The van der Waals surface area contributed by atoms with E-state index in [-0.39, 0.29) is 11.8 Å². The monoisotopic (exact) mass is 268 g/mol. The lowest BCUT2D eigenvalue weighted by Gasteiger charge is -2.16. The van der Waals surface area contributed by atoms with Crippen molar-refractivity contribution in [2.75, 3.05) is 18.5 Å². The van der Waals surface area contributed by atoms with Crippen LogP contribution in [-0.2, 0) is 4.74 Å². The van der Waals surface area contributed by atoms with E-state index in [0.29, 0.717) is 23.7 Å². The van der Waals surface area contributed by atoms with Gasteiger partial charge in [-0.05, 0) is 31.9 Å². The van der Waals surface area contributed by atoms with E-state index in [4.69, 9.17) is 4.74 Å². The number of hydrogen-bond acceptors (Lipinski definition) is 4. The lowest BCUT2D eigenvalue weighted by atomic mass is 10.0. The molecule has 0 amide bonds. The van der Waals surface area contributed by atoms with E-state index >= 15 is 0 Å². The second-order valence-corrected chi connectivity index (χ2v) is 4.88. The first-order chi connectivity index (χ1) is 8.99. The Morgan fingerprint density at radius 3 is 2.89 bits per heavy atom. The number of hydrogen-bond donors (Lipinski definition) is 1. The number of anilines is 1. The Labute approximate surface area is 110 Å². The molecule has 2 atom stereocenters. The van der Waals surface area contributed by atoms with Crippen molar-refractivity contribution in [2.24, 2.45) is 5.92 Å². The Morgan fingerprint density at radius 1 is 1.58 bits per heavy atom. The molecule has 0 spiro atoms. The zero-order valence-electron chi connectivity index (χ0n) is 11.0. The Balaban J connectivity index is 2.14. The molecule has 2 rings (SSSR count). The molecule has 0 saturated carbocycles. The van der Waals surface area contributed by atoms with E-state index in [1.54, 1.807) is 6.92 Å². The largest absolute Gasteiger partial charge is 0.379 e. The minimum atomic E-state index is -0.570. The summed E-state index contributed by atoms with van der Waals surface area (Å²) in [5.41, 5.74) is 0.529. The Morgan fingerprint density at radius 2 is 2.32 bits per heavy atom. The molecule has 1 aliphatic rings. The van der Waals surface area contributed by atoms with Crippen molar-refractivity contribution in [3.63, 3.8) is 0 Å². The van der Waals surface area contributed by atoms with E-state index in [1.807, 2.05) is 6.92 Å². The molecule has 19 heavy (non-hydrogen) atoms. The summed E-state index contributed by atoms with van der Waals surface area (Å²) in [5.74, 6) is -0.236. The van der Waals surface area contributed by atoms with Crippen molar-refractivity contribution in [1.29, 1.82) is 0 Å². The van der Waals surface area contributed by atoms with Gasteiger partial charge in [0.25, 0.3) is 5.69 Å². The van der Waals surface area contributed by atoms with Gasteiger partial charge < -0.3 is 10.1 Å². The summed E-state index contributed by atoms with van der Waals surface area (Å²) >= 11 is 0. The van der Waals surface area contributed by atoms with Gasteiger partial charge in [0.15, 0.2) is 0 Å². The van der Waals surface area contributed by atoms with Gasteiger partial charge in [0.05, 0.1) is 17.1 Å². The van der Waals surface area contributed by atoms with Gasteiger partial charge in [-0.2, -0.15) is 0 Å². The van der Waals surface area contributed by atoms with Crippen LogP contribution in [0.5, 0.6) is 0 Å². The van der Waals surface area contributed by atoms with E-state index < -0.39 is 10.7 Å². The smallest absolute Gasteiger partial charge is 0.295 e. The fraction of sp³-hybridized carbons (Fsp3) is 0.538. The molecule has 1 saturated heterocycles. The number of nitro benzene ring substituents is 1. The molecule has 104 valence electrons. The van der Waals surface area contributed by atoms with E-state index in [9.17, 15) is 14.5 Å². The number of benzene rings is 1. The highest BCUT2D eigenvalue weighted by molar-refractivity contribution is 5.63. The van der Waals surface area contributed by atoms with Gasteiger partial charge in [-0.25, -0.2) is 4.39 Å². The predicted octanol–water partition coefficient (Wildman–Crippen LogP) is 2.88. The molecule has 6 heteroatoms. The van der Waals surface area contributed by atoms with Crippen LogP contribution in [0.15, 0.2) is 12.1 Å². The molecule has 2 unspecified atom stereocenters. The molecule has 1 N–H and O–H groups in total. The van der Waals surface area contributed by atoms with Crippen molar-refractivity contribution in [3.05, 3.63) is 33.6 Å². The predicted molar refractivity (Wildman–Crippen MR) is 69.8 cm³/mol. The molecule has 1 heterocycles. The highest BCUT2D eigenvalue weighted by Gasteiger charge is 2.25. The van der Waals surface area contributed by atoms with Crippen LogP contribution in [-0.4, -0.2) is 24.2 Å². The average Bonchev–Trinajstić information content (AvgIpc) is 2.75. The highest BCUT2D eigenvalue weighted by Crippen LogP contribution is 2.29. The molecule has 0 aliphatic carbocycles. The van der Waals surface area contributed by atoms with Crippen molar-refractivity contribution in [3.8, 4) is 0 Å². The molecule has 0 aromatic heterocycles. The summed E-state index contributed by atoms with van der Waals surface area (Å²) in [4.78, 5) is 10.3. The van der Waals surface area contributed by atoms with E-state index in [2.05, 4.69) is 5.32 Å². The lowest BCUT2D eigenvalue weighted by molar-refractivity contribution is -0.384. The van der Waals surface area contributed by atoms with E-state index in [1.165, 1.54) is 6.07 Å². The fourth-order valence-corrected chi connectivity index (χ4v) is 2.25. The Bertz CT molecular complexity index is 493. The van der Waals surface area contributed by atoms with Gasteiger partial charge in [0, 0.05) is 19.1 Å². The van der Waals surface area contributed by atoms with Crippen LogP contribution in [0.2, 0.25) is 0 Å². The van der Waals surface area contributed by atoms with Crippen LogP contribution in [0.4, 0.5) is 15.8 Å². The molecule has 1 aromatic rings. The lowest BCUT2D eigenvalue weighted by Crippen LogP contribution is -2.21. The summed E-state index contributed by atoms with van der Waals surface area (Å²) < 4.78 is 18.8. The van der Waals surface area contributed by atoms with Gasteiger partial charge in [0.2, 0.25) is 0 Å². The zero-order valence-corrected chi connectivity index (χ0v) is 11.0. The second kappa shape index (κ2) is 5.52. The van der Waals surface area contributed by atoms with Gasteiger partial charge in [-0.1, -0.05) is 0 Å². The van der Waals surface area contributed by atoms with Crippen LogP contribution in [0, 0.1) is 28.8 Å². The summed E-state index contributed by atoms with van der Waals surface area (Å²) in [6.07, 6.45) is 1.08. The topological polar surface area (TPSA) is 64.4 Å². The van der Waals surface area contributed by atoms with Gasteiger partial charge >= 0.3 is 0 Å². The Hall–Kier alpha value is -1.69. The first kappa shape index (κ1) is 13.7. The van der Waals surface area contributed by atoms with Crippen LogP contribution in [0.3, 0.4) is 0 Å². The zero-order chi connectivity index (χ0) is 14.0. The number of aryl methyl sites for hydroxylation is 1. The fourth-order valence-electron chi connectivity index (χ4n) is 2.25. The molecule has 0 bridgehead atoms. The van der Waals surface area contributed by atoms with Crippen LogP contribution in [0.1, 0.15) is 18.9 Å². The molecular weight excluding hydrogens is 251 g/mol. The third-order valence-corrected chi connectivity index (χ3v) is 3.56. The third-order valence-electron chi connectivity index (χ3n) is 3.56. The quantitative estimate of drug-likeness (QED) is 0.673. The maximum absolute atomic E-state index is 13.4. The number of nitrogens with one attached hydrogen (secondary N) is 1. The van der Waals surface area contributed by atoms with Gasteiger partial charge in [0.1, 0.15) is 11.5 Å². The standard InChI is InChI=1S/C13H17FN2O3/c1-8-5-12(13(16(17)18)6-11(8)14)15-7-10-3-4-19-9(10)2/h5-6,9-10,15H,3-4,7H2,1-2H3. The third kappa shape index (κ3) is 3.01. The molecule has 5 nitrogen and oxygen atoms in total. The first-order valence-corrected chi connectivity index (χ1v) is 6.29. The van der Waals surface area contributed by atoms with Crippen LogP contribution < -0.4 is 5.32 Å². The second-order valence-electron chi connectivity index (χ2n) is 4.88. The summed E-state index contributed by atoms with van der Waals surface area (Å²) in [6.45, 7) is 4.89. The summed E-state index contributed by atoms with van der Waals surface area (Å²) in [7, 11) is 0. The number of nitro groups is 1.